The molecule has 6 nitrogen and oxygen atoms in total. The summed E-state index contributed by atoms with van der Waals surface area (Å²) in [5.74, 6) is 3.59. The number of urea groups is 1. The highest BCUT2D eigenvalue weighted by atomic mass is 16.2. The van der Waals surface area contributed by atoms with Gasteiger partial charge in [0.25, 0.3) is 0 Å². The molecule has 4 saturated carbocycles. The van der Waals surface area contributed by atoms with Crippen LogP contribution in [0.4, 0.5) is 10.5 Å². The fraction of sp³-hybridized carbons (Fsp3) is 0.706. The molecule has 1 heterocycles. The summed E-state index contributed by atoms with van der Waals surface area (Å²) < 4.78 is 0. The molecular weight excluding hydrogens is 290 g/mol. The van der Waals surface area contributed by atoms with E-state index in [1.807, 2.05) is 6.92 Å². The Hall–Kier alpha value is -1.69. The Morgan fingerprint density at radius 3 is 2.30 bits per heavy atom. The minimum Gasteiger partial charge on any atom is -0.336 e. The summed E-state index contributed by atoms with van der Waals surface area (Å²) in [5.41, 5.74) is 7.16. The summed E-state index contributed by atoms with van der Waals surface area (Å²) in [6, 6.07) is -0.226. The van der Waals surface area contributed by atoms with E-state index in [-0.39, 0.29) is 11.6 Å². The molecule has 1 aromatic rings. The molecule has 0 unspecified atom stereocenters. The first-order chi connectivity index (χ1) is 11.0. The van der Waals surface area contributed by atoms with Crippen LogP contribution >= 0.6 is 0 Å². The molecule has 0 spiro atoms. The molecule has 0 aromatic carbocycles. The first-order valence-electron chi connectivity index (χ1n) is 8.65. The Kier molecular flexibility index (Phi) is 3.52. The molecule has 2 amide bonds. The Labute approximate surface area is 136 Å². The van der Waals surface area contributed by atoms with Crippen molar-refractivity contribution in [3.63, 3.8) is 0 Å². The highest BCUT2D eigenvalue weighted by Gasteiger charge is 2.55. The van der Waals surface area contributed by atoms with Gasteiger partial charge in [-0.3, -0.25) is 0 Å². The first kappa shape index (κ1) is 14.9. The van der Waals surface area contributed by atoms with Gasteiger partial charge in [0, 0.05) is 12.1 Å². The van der Waals surface area contributed by atoms with E-state index in [0.29, 0.717) is 29.9 Å². The molecule has 4 bridgehead atoms. The van der Waals surface area contributed by atoms with Crippen molar-refractivity contribution in [3.05, 3.63) is 18.2 Å². The minimum absolute atomic E-state index is 0.226. The number of aryl methyl sites for hydroxylation is 1. The maximum atomic E-state index is 12.1. The van der Waals surface area contributed by atoms with E-state index in [4.69, 9.17) is 5.73 Å². The van der Waals surface area contributed by atoms with Crippen LogP contribution in [0.2, 0.25) is 0 Å². The van der Waals surface area contributed by atoms with Gasteiger partial charge < -0.3 is 16.4 Å². The van der Waals surface area contributed by atoms with Gasteiger partial charge in [-0.05, 0) is 62.7 Å². The molecule has 4 aliphatic rings. The highest BCUT2D eigenvalue weighted by Crippen LogP contribution is 2.57. The van der Waals surface area contributed by atoms with E-state index in [0.717, 1.165) is 11.8 Å². The number of hydrogen-bond donors (Lipinski definition) is 3. The summed E-state index contributed by atoms with van der Waals surface area (Å²) in [6.07, 6.45) is 9.63. The molecule has 124 valence electrons. The van der Waals surface area contributed by atoms with E-state index in [1.54, 1.807) is 12.4 Å². The van der Waals surface area contributed by atoms with Crippen molar-refractivity contribution in [2.45, 2.75) is 44.6 Å². The van der Waals surface area contributed by atoms with E-state index in [1.165, 1.54) is 32.1 Å². The molecule has 1 aromatic heterocycles. The molecule has 23 heavy (non-hydrogen) atoms. The van der Waals surface area contributed by atoms with Crippen LogP contribution in [0.1, 0.15) is 37.9 Å². The van der Waals surface area contributed by atoms with Gasteiger partial charge in [-0.15, -0.1) is 0 Å². The maximum absolute atomic E-state index is 12.1. The van der Waals surface area contributed by atoms with E-state index < -0.39 is 0 Å². The number of rotatable bonds is 3. The third-order valence-corrected chi connectivity index (χ3v) is 6.25. The minimum atomic E-state index is -0.228. The monoisotopic (exact) mass is 315 g/mol. The largest absolute Gasteiger partial charge is 0.336 e. The van der Waals surface area contributed by atoms with Gasteiger partial charge in [-0.1, -0.05) is 0 Å². The fourth-order valence-corrected chi connectivity index (χ4v) is 5.22. The number of nitrogens with one attached hydrogen (secondary N) is 2. The van der Waals surface area contributed by atoms with Gasteiger partial charge in [-0.2, -0.15) is 0 Å². The van der Waals surface area contributed by atoms with E-state index in [2.05, 4.69) is 20.6 Å². The zero-order chi connectivity index (χ0) is 16.0. The smallest absolute Gasteiger partial charge is 0.319 e. The van der Waals surface area contributed by atoms with Gasteiger partial charge >= 0.3 is 6.03 Å². The molecule has 0 aliphatic heterocycles. The highest BCUT2D eigenvalue weighted by molar-refractivity contribution is 5.88. The quantitative estimate of drug-likeness (QED) is 0.796. The zero-order valence-corrected chi connectivity index (χ0v) is 13.6. The van der Waals surface area contributed by atoms with Crippen molar-refractivity contribution < 1.29 is 4.79 Å². The van der Waals surface area contributed by atoms with Crippen molar-refractivity contribution in [1.82, 2.24) is 15.3 Å². The molecule has 0 atom stereocenters. The molecule has 5 rings (SSSR count). The van der Waals surface area contributed by atoms with Crippen molar-refractivity contribution in [3.8, 4) is 0 Å². The molecule has 4 fully saturated rings. The summed E-state index contributed by atoms with van der Waals surface area (Å²) in [6.45, 7) is 2.37. The number of anilines is 1. The van der Waals surface area contributed by atoms with Crippen molar-refractivity contribution >= 4 is 11.7 Å². The number of hydrogen-bond acceptors (Lipinski definition) is 4. The number of carbonyl (C=O) groups excluding carboxylic acids is 1. The summed E-state index contributed by atoms with van der Waals surface area (Å²) in [5, 5.41) is 5.76. The van der Waals surface area contributed by atoms with Crippen LogP contribution < -0.4 is 16.4 Å². The number of aromatic nitrogens is 2. The average molecular weight is 315 g/mol. The van der Waals surface area contributed by atoms with Crippen LogP contribution in [0.25, 0.3) is 0 Å². The van der Waals surface area contributed by atoms with E-state index >= 15 is 0 Å². The van der Waals surface area contributed by atoms with Crippen molar-refractivity contribution in [1.29, 1.82) is 0 Å². The van der Waals surface area contributed by atoms with Crippen LogP contribution in [0.5, 0.6) is 0 Å². The van der Waals surface area contributed by atoms with Gasteiger partial charge in [0.1, 0.15) is 5.82 Å². The Balaban J connectivity index is 1.36. The average Bonchev–Trinajstić information content (AvgIpc) is 2.52. The number of carbonyl (C=O) groups is 1. The standard InChI is InChI=1S/C17H25N5O/c1-10-19-7-15(8-20-10)22-16(23)21-9-17(18)13-3-11-2-12(5-13)6-14(17)4-11/h7-8,11-14H,2-6,9,18H2,1H3,(H2,21,22,23). The summed E-state index contributed by atoms with van der Waals surface area (Å²) >= 11 is 0. The van der Waals surface area contributed by atoms with E-state index in [9.17, 15) is 4.79 Å². The first-order valence-corrected chi connectivity index (χ1v) is 8.65. The second-order valence-electron chi connectivity index (χ2n) is 7.74. The molecular formula is C17H25N5O. The molecule has 4 aliphatic carbocycles. The number of amides is 2. The van der Waals surface area contributed by atoms with Crippen LogP contribution in [0.15, 0.2) is 12.4 Å². The van der Waals surface area contributed by atoms with Crippen molar-refractivity contribution in [2.24, 2.45) is 29.4 Å². The lowest BCUT2D eigenvalue weighted by Gasteiger charge is -2.59. The van der Waals surface area contributed by atoms with Gasteiger partial charge in [0.2, 0.25) is 0 Å². The normalized spacial score (nSPS) is 37.7. The lowest BCUT2D eigenvalue weighted by Crippen LogP contribution is -2.67. The fourth-order valence-electron chi connectivity index (χ4n) is 5.22. The third kappa shape index (κ3) is 2.69. The van der Waals surface area contributed by atoms with Crippen LogP contribution in [-0.2, 0) is 0 Å². The number of nitrogens with zero attached hydrogens (tertiary/aromatic N) is 2. The maximum Gasteiger partial charge on any atom is 0.319 e. The van der Waals surface area contributed by atoms with Gasteiger partial charge in [0.15, 0.2) is 0 Å². The van der Waals surface area contributed by atoms with Gasteiger partial charge in [-0.25, -0.2) is 14.8 Å². The molecule has 4 N–H and O–H groups in total. The Morgan fingerprint density at radius 1 is 1.17 bits per heavy atom. The number of nitrogens with two attached hydrogens (primary N) is 1. The van der Waals surface area contributed by atoms with Crippen LogP contribution in [0, 0.1) is 30.6 Å². The predicted octanol–water partition coefficient (Wildman–Crippen LogP) is 2.06. The summed E-state index contributed by atoms with van der Waals surface area (Å²) in [4.78, 5) is 20.3. The van der Waals surface area contributed by atoms with Crippen LogP contribution in [0.3, 0.4) is 0 Å². The SMILES string of the molecule is Cc1ncc(NC(=O)NCC2(N)C3CC4CC(C3)CC2C4)cn1. The van der Waals surface area contributed by atoms with Crippen molar-refractivity contribution in [2.75, 3.05) is 11.9 Å². The topological polar surface area (TPSA) is 92.9 Å². The lowest BCUT2D eigenvalue weighted by atomic mass is 9.49. The Bertz CT molecular complexity index is 572. The summed E-state index contributed by atoms with van der Waals surface area (Å²) in [7, 11) is 0. The van der Waals surface area contributed by atoms with Gasteiger partial charge in [0.05, 0.1) is 18.1 Å². The molecule has 6 heteroatoms. The molecule has 0 radical (unpaired) electrons. The predicted molar refractivity (Wildman–Crippen MR) is 87.8 cm³/mol. The van der Waals surface area contributed by atoms with Crippen LogP contribution in [-0.4, -0.2) is 28.1 Å². The molecule has 0 saturated heterocycles. The second kappa shape index (κ2) is 5.44. The second-order valence-corrected chi connectivity index (χ2v) is 7.74. The third-order valence-electron chi connectivity index (χ3n) is 6.25. The Morgan fingerprint density at radius 2 is 1.74 bits per heavy atom. The lowest BCUT2D eigenvalue weighted by molar-refractivity contribution is -0.0528. The zero-order valence-electron chi connectivity index (χ0n) is 13.6.